The summed E-state index contributed by atoms with van der Waals surface area (Å²) in [6.07, 6.45) is 6.09. The summed E-state index contributed by atoms with van der Waals surface area (Å²) in [5.41, 5.74) is 3.98. The van der Waals surface area contributed by atoms with Gasteiger partial charge in [-0.2, -0.15) is 5.10 Å². The summed E-state index contributed by atoms with van der Waals surface area (Å²) in [6.45, 7) is 5.12. The minimum Gasteiger partial charge on any atom is -0.273 e. The zero-order chi connectivity index (χ0) is 9.68. The second kappa shape index (κ2) is 4.99. The van der Waals surface area contributed by atoms with Gasteiger partial charge in [-0.1, -0.05) is 13.3 Å². The number of aryl methyl sites for hydroxylation is 1. The summed E-state index contributed by atoms with van der Waals surface area (Å²) in [5.74, 6) is 5.45. The van der Waals surface area contributed by atoms with Gasteiger partial charge in [-0.05, 0) is 13.3 Å². The Morgan fingerprint density at radius 3 is 2.85 bits per heavy atom. The highest BCUT2D eigenvalue weighted by Crippen LogP contribution is 2.16. The SMILES string of the molecule is CCCC(NN)c1cnn(CC)c1. The molecule has 13 heavy (non-hydrogen) atoms. The molecule has 4 nitrogen and oxygen atoms in total. The van der Waals surface area contributed by atoms with Crippen LogP contribution in [0.4, 0.5) is 0 Å². The van der Waals surface area contributed by atoms with E-state index >= 15 is 0 Å². The quantitative estimate of drug-likeness (QED) is 0.531. The lowest BCUT2D eigenvalue weighted by Crippen LogP contribution is -2.27. The highest BCUT2D eigenvalue weighted by Gasteiger charge is 2.09. The Morgan fingerprint density at radius 2 is 2.38 bits per heavy atom. The van der Waals surface area contributed by atoms with Crippen molar-refractivity contribution in [3.8, 4) is 0 Å². The topological polar surface area (TPSA) is 55.9 Å². The van der Waals surface area contributed by atoms with Crippen LogP contribution in [0.2, 0.25) is 0 Å². The molecule has 1 unspecified atom stereocenters. The summed E-state index contributed by atoms with van der Waals surface area (Å²) in [6, 6.07) is 0.241. The van der Waals surface area contributed by atoms with E-state index in [1.165, 1.54) is 5.56 Å². The summed E-state index contributed by atoms with van der Waals surface area (Å²) in [4.78, 5) is 0. The maximum atomic E-state index is 5.45. The second-order valence-electron chi connectivity index (χ2n) is 3.14. The fourth-order valence-corrected chi connectivity index (χ4v) is 1.37. The summed E-state index contributed by atoms with van der Waals surface area (Å²) >= 11 is 0. The maximum absolute atomic E-state index is 5.45. The van der Waals surface area contributed by atoms with E-state index in [4.69, 9.17) is 5.84 Å². The van der Waals surface area contributed by atoms with Gasteiger partial charge in [-0.25, -0.2) is 0 Å². The predicted octanol–water partition coefficient (Wildman–Crippen LogP) is 1.21. The Bertz CT molecular complexity index is 244. The molecule has 0 radical (unpaired) electrons. The lowest BCUT2D eigenvalue weighted by molar-refractivity contribution is 0.509. The van der Waals surface area contributed by atoms with Gasteiger partial charge in [0.15, 0.2) is 0 Å². The molecule has 1 aromatic heterocycles. The van der Waals surface area contributed by atoms with Gasteiger partial charge >= 0.3 is 0 Å². The third-order valence-corrected chi connectivity index (χ3v) is 2.16. The molecular weight excluding hydrogens is 164 g/mol. The van der Waals surface area contributed by atoms with E-state index < -0.39 is 0 Å². The van der Waals surface area contributed by atoms with Crippen LogP contribution in [-0.4, -0.2) is 9.78 Å². The van der Waals surface area contributed by atoms with E-state index in [1.807, 2.05) is 17.1 Å². The number of rotatable bonds is 5. The molecule has 0 amide bonds. The van der Waals surface area contributed by atoms with E-state index in [0.717, 1.165) is 19.4 Å². The lowest BCUT2D eigenvalue weighted by atomic mass is 10.1. The van der Waals surface area contributed by atoms with Gasteiger partial charge in [0.25, 0.3) is 0 Å². The van der Waals surface area contributed by atoms with E-state index in [-0.39, 0.29) is 6.04 Å². The van der Waals surface area contributed by atoms with E-state index in [2.05, 4.69) is 24.4 Å². The molecule has 1 heterocycles. The van der Waals surface area contributed by atoms with E-state index in [1.54, 1.807) is 0 Å². The first-order chi connectivity index (χ1) is 6.31. The number of hydrazine groups is 1. The first-order valence-electron chi connectivity index (χ1n) is 4.80. The molecular formula is C9H18N4. The monoisotopic (exact) mass is 182 g/mol. The van der Waals surface area contributed by atoms with Crippen molar-refractivity contribution >= 4 is 0 Å². The molecule has 74 valence electrons. The normalized spacial score (nSPS) is 13.2. The Kier molecular flexibility index (Phi) is 3.92. The number of nitrogens with two attached hydrogens (primary N) is 1. The van der Waals surface area contributed by atoms with Gasteiger partial charge in [0.2, 0.25) is 0 Å². The molecule has 0 fully saturated rings. The molecule has 0 aliphatic carbocycles. The molecule has 1 aromatic rings. The van der Waals surface area contributed by atoms with Crippen molar-refractivity contribution in [2.24, 2.45) is 5.84 Å². The fraction of sp³-hybridized carbons (Fsp3) is 0.667. The molecule has 0 saturated carbocycles. The zero-order valence-corrected chi connectivity index (χ0v) is 8.33. The number of hydrogen-bond donors (Lipinski definition) is 2. The molecule has 0 saturated heterocycles. The van der Waals surface area contributed by atoms with Crippen molar-refractivity contribution in [3.05, 3.63) is 18.0 Å². The van der Waals surface area contributed by atoms with Crippen LogP contribution in [0.3, 0.4) is 0 Å². The van der Waals surface area contributed by atoms with Crippen LogP contribution >= 0.6 is 0 Å². The number of nitrogens with zero attached hydrogens (tertiary/aromatic N) is 2. The van der Waals surface area contributed by atoms with Crippen LogP contribution in [0.15, 0.2) is 12.4 Å². The number of nitrogens with one attached hydrogen (secondary N) is 1. The third-order valence-electron chi connectivity index (χ3n) is 2.16. The average Bonchev–Trinajstić information content (AvgIpc) is 2.62. The van der Waals surface area contributed by atoms with Crippen LogP contribution in [0.1, 0.15) is 38.3 Å². The minimum absolute atomic E-state index is 0.241. The van der Waals surface area contributed by atoms with Crippen LogP contribution in [-0.2, 0) is 6.54 Å². The van der Waals surface area contributed by atoms with E-state index in [0.29, 0.717) is 0 Å². The Balaban J connectivity index is 2.67. The number of aromatic nitrogens is 2. The molecule has 0 aliphatic rings. The average molecular weight is 182 g/mol. The van der Waals surface area contributed by atoms with Crippen molar-refractivity contribution in [1.82, 2.24) is 15.2 Å². The largest absolute Gasteiger partial charge is 0.273 e. The molecule has 3 N–H and O–H groups in total. The molecule has 0 aliphatic heterocycles. The highest BCUT2D eigenvalue weighted by atomic mass is 15.3. The molecule has 0 bridgehead atoms. The van der Waals surface area contributed by atoms with Crippen molar-refractivity contribution in [3.63, 3.8) is 0 Å². The van der Waals surface area contributed by atoms with Crippen molar-refractivity contribution < 1.29 is 0 Å². The fourth-order valence-electron chi connectivity index (χ4n) is 1.37. The Labute approximate surface area is 79.1 Å². The Morgan fingerprint density at radius 1 is 1.62 bits per heavy atom. The summed E-state index contributed by atoms with van der Waals surface area (Å²) < 4.78 is 1.91. The van der Waals surface area contributed by atoms with Gasteiger partial charge in [-0.3, -0.25) is 16.0 Å². The first-order valence-corrected chi connectivity index (χ1v) is 4.80. The third kappa shape index (κ3) is 2.54. The van der Waals surface area contributed by atoms with Gasteiger partial charge in [0.1, 0.15) is 0 Å². The number of hydrogen-bond acceptors (Lipinski definition) is 3. The first kappa shape index (κ1) is 10.2. The van der Waals surface area contributed by atoms with Gasteiger partial charge in [0.05, 0.1) is 6.20 Å². The molecule has 1 rings (SSSR count). The summed E-state index contributed by atoms with van der Waals surface area (Å²) in [5, 5.41) is 4.21. The van der Waals surface area contributed by atoms with Gasteiger partial charge in [-0.15, -0.1) is 0 Å². The summed E-state index contributed by atoms with van der Waals surface area (Å²) in [7, 11) is 0. The molecule has 0 aromatic carbocycles. The van der Waals surface area contributed by atoms with Crippen LogP contribution in [0.25, 0.3) is 0 Å². The van der Waals surface area contributed by atoms with Crippen LogP contribution in [0, 0.1) is 0 Å². The van der Waals surface area contributed by atoms with Crippen LogP contribution in [0.5, 0.6) is 0 Å². The second-order valence-corrected chi connectivity index (χ2v) is 3.14. The van der Waals surface area contributed by atoms with Crippen molar-refractivity contribution in [2.45, 2.75) is 39.3 Å². The molecule has 0 spiro atoms. The minimum atomic E-state index is 0.241. The lowest BCUT2D eigenvalue weighted by Gasteiger charge is -2.11. The van der Waals surface area contributed by atoms with E-state index in [9.17, 15) is 0 Å². The highest BCUT2D eigenvalue weighted by molar-refractivity contribution is 5.09. The smallest absolute Gasteiger partial charge is 0.0538 e. The molecule has 4 heteroatoms. The predicted molar refractivity (Wildman–Crippen MR) is 52.9 cm³/mol. The molecule has 1 atom stereocenters. The zero-order valence-electron chi connectivity index (χ0n) is 8.33. The maximum Gasteiger partial charge on any atom is 0.0538 e. The van der Waals surface area contributed by atoms with Crippen LogP contribution < -0.4 is 11.3 Å². The van der Waals surface area contributed by atoms with Gasteiger partial charge < -0.3 is 0 Å². The van der Waals surface area contributed by atoms with Gasteiger partial charge in [0, 0.05) is 24.3 Å². The Hall–Kier alpha value is -0.870. The van der Waals surface area contributed by atoms with Crippen molar-refractivity contribution in [1.29, 1.82) is 0 Å². The van der Waals surface area contributed by atoms with Crippen molar-refractivity contribution in [2.75, 3.05) is 0 Å². The standard InChI is InChI=1S/C9H18N4/c1-3-5-9(12-10)8-6-11-13(4-2)7-8/h6-7,9,12H,3-5,10H2,1-2H3.